The Balaban J connectivity index is -0.0000000851. The van der Waals surface area contributed by atoms with Gasteiger partial charge < -0.3 is 16.0 Å². The van der Waals surface area contributed by atoms with Crippen molar-refractivity contribution in [3.8, 4) is 0 Å². The minimum atomic E-state index is 0.216. The van der Waals surface area contributed by atoms with Crippen LogP contribution in [-0.2, 0) is 20.9 Å². The van der Waals surface area contributed by atoms with E-state index in [1.807, 2.05) is 0 Å². The molecule has 0 heterocycles. The van der Waals surface area contributed by atoms with E-state index in [0.29, 0.717) is 12.1 Å². The molecule has 4 nitrogen and oxygen atoms in total. The van der Waals surface area contributed by atoms with E-state index in [-0.39, 0.29) is 5.54 Å². The molecule has 0 aromatic rings. The summed E-state index contributed by atoms with van der Waals surface area (Å²) in [6.07, 6.45) is 0. The van der Waals surface area contributed by atoms with Crippen molar-refractivity contribution >= 4 is 0 Å². The van der Waals surface area contributed by atoms with Crippen molar-refractivity contribution in [3.63, 3.8) is 0 Å². The van der Waals surface area contributed by atoms with E-state index in [2.05, 4.69) is 67.8 Å². The van der Waals surface area contributed by atoms with Crippen molar-refractivity contribution in [2.45, 2.75) is 66.1 Å². The van der Waals surface area contributed by atoms with Crippen molar-refractivity contribution in [2.75, 3.05) is 28.2 Å². The van der Waals surface area contributed by atoms with Gasteiger partial charge in [-0.05, 0) is 0 Å². The molecule has 0 amide bonds. The standard InChI is InChI=1S/C6H14N.C4H9N.2C2H6N.Ta/c1-5(2)7-6(3)4;1-4(2,3)5;2*1-3-2;/h5-6H,1-4H3;1-3H3;2*1-2H3;/q-1;;2*-1;. The van der Waals surface area contributed by atoms with E-state index in [4.69, 9.17) is 0 Å². The average molecular weight is 440 g/mol. The predicted molar refractivity (Wildman–Crippen MR) is 86.2 cm³/mol. The third kappa shape index (κ3) is 90.2. The van der Waals surface area contributed by atoms with Crippen molar-refractivity contribution in [1.82, 2.24) is 0 Å². The summed E-state index contributed by atoms with van der Waals surface area (Å²) in [6, 6.07) is 1.000. The second-order valence-corrected chi connectivity index (χ2v) is 6.22. The summed E-state index contributed by atoms with van der Waals surface area (Å²) < 4.78 is 4.13. The van der Waals surface area contributed by atoms with Crippen LogP contribution in [0.1, 0.15) is 48.5 Å². The normalized spacial score (nSPS) is 9.47. The molecule has 0 aliphatic heterocycles. The van der Waals surface area contributed by atoms with Crippen LogP contribution in [0, 0.1) is 0 Å². The topological polar surface area (TPSA) is 54.7 Å². The smallest absolute Gasteiger partial charge is 0.0818 e. The van der Waals surface area contributed by atoms with E-state index in [9.17, 15) is 0 Å². The van der Waals surface area contributed by atoms with E-state index in [1.54, 1.807) is 28.2 Å². The summed E-state index contributed by atoms with van der Waals surface area (Å²) in [4.78, 5) is 0. The molecular formula is C14H35N4Ta-3. The first-order valence-corrected chi connectivity index (χ1v) is 7.98. The second kappa shape index (κ2) is 20.7. The van der Waals surface area contributed by atoms with Crippen LogP contribution < -0.4 is 0 Å². The summed E-state index contributed by atoms with van der Waals surface area (Å²) in [5.74, 6) is 0. The quantitative estimate of drug-likeness (QED) is 0.585. The number of hydrogen-bond acceptors (Lipinski definition) is 1. The van der Waals surface area contributed by atoms with Crippen molar-refractivity contribution in [2.24, 2.45) is 3.34 Å². The van der Waals surface area contributed by atoms with Gasteiger partial charge in [0.1, 0.15) is 0 Å². The second-order valence-electron chi connectivity index (χ2n) is 5.50. The van der Waals surface area contributed by atoms with Gasteiger partial charge in [-0.1, -0.05) is 27.7 Å². The van der Waals surface area contributed by atoms with E-state index in [1.165, 1.54) is 0 Å². The Hall–Kier alpha value is 0.420. The fraction of sp³-hybridized carbons (Fsp3) is 1.00. The molecule has 0 N–H and O–H groups in total. The molecule has 0 radical (unpaired) electrons. The van der Waals surface area contributed by atoms with E-state index >= 15 is 0 Å². The van der Waals surface area contributed by atoms with Gasteiger partial charge in [-0.3, -0.25) is 0 Å². The monoisotopic (exact) mass is 440 g/mol. The molecule has 0 atom stereocenters. The zero-order valence-corrected chi connectivity index (χ0v) is 18.1. The van der Waals surface area contributed by atoms with Crippen LogP contribution in [0.2, 0.25) is 0 Å². The minimum absolute atomic E-state index is 0.216. The molecule has 0 spiro atoms. The first kappa shape index (κ1) is 27.7. The third-order valence-electron chi connectivity index (χ3n) is 0.896. The average Bonchev–Trinajstić information content (AvgIpc) is 2.17. The van der Waals surface area contributed by atoms with Crippen LogP contribution >= 0.6 is 0 Å². The van der Waals surface area contributed by atoms with E-state index < -0.39 is 0 Å². The molecule has 0 aliphatic carbocycles. The van der Waals surface area contributed by atoms with Gasteiger partial charge in [-0.2, -0.15) is 28.2 Å². The molecule has 0 bridgehead atoms. The van der Waals surface area contributed by atoms with Gasteiger partial charge in [0.2, 0.25) is 0 Å². The molecule has 119 valence electrons. The van der Waals surface area contributed by atoms with Crippen LogP contribution in [0.5, 0.6) is 0 Å². The van der Waals surface area contributed by atoms with Gasteiger partial charge in [0.15, 0.2) is 0 Å². The molecule has 0 aromatic heterocycles. The molecule has 0 fully saturated rings. The summed E-state index contributed by atoms with van der Waals surface area (Å²) in [7, 11) is 7.00. The Morgan fingerprint density at radius 3 is 0.947 bits per heavy atom. The van der Waals surface area contributed by atoms with Crippen LogP contribution in [0.15, 0.2) is 3.34 Å². The Morgan fingerprint density at radius 2 is 0.947 bits per heavy atom. The first-order valence-electron chi connectivity index (χ1n) is 6.54. The molecular weight excluding hydrogens is 405 g/mol. The Labute approximate surface area is 134 Å². The summed E-state index contributed by atoms with van der Waals surface area (Å²) in [6.45, 7) is 14.7. The van der Waals surface area contributed by atoms with Gasteiger partial charge in [0, 0.05) is 0 Å². The molecule has 0 aliphatic rings. The maximum atomic E-state index is 4.28. The Kier molecular flexibility index (Phi) is 30.2. The molecule has 0 aromatic carbocycles. The fourth-order valence-corrected chi connectivity index (χ4v) is 0.596. The van der Waals surface area contributed by atoms with Crippen LogP contribution in [-0.4, -0.2) is 45.8 Å². The largest absolute Gasteiger partial charge is 0.668 e. The summed E-state index contributed by atoms with van der Waals surface area (Å²) in [5.41, 5.74) is 0.216. The van der Waals surface area contributed by atoms with Crippen LogP contribution in [0.3, 0.4) is 0 Å². The summed E-state index contributed by atoms with van der Waals surface area (Å²) >= 11 is 1.15. The van der Waals surface area contributed by atoms with Crippen molar-refractivity contribution in [3.05, 3.63) is 16.0 Å². The fourth-order valence-electron chi connectivity index (χ4n) is 0.596. The Bertz CT molecular complexity index is 146. The number of hydrogen-bond donors (Lipinski definition) is 0. The molecule has 0 rings (SSSR count). The summed E-state index contributed by atoms with van der Waals surface area (Å²) in [5, 5.41) is 11.3. The minimum Gasteiger partial charge on any atom is -0.668 e. The predicted octanol–water partition coefficient (Wildman–Crippen LogP) is 4.93. The number of nitrogens with zero attached hydrogens (tertiary/aromatic N) is 4. The van der Waals surface area contributed by atoms with Crippen LogP contribution in [0.4, 0.5) is 0 Å². The zero-order valence-electron chi connectivity index (χ0n) is 14.9. The van der Waals surface area contributed by atoms with Gasteiger partial charge in [-0.25, -0.2) is 0 Å². The first-order chi connectivity index (χ1) is 8.51. The van der Waals surface area contributed by atoms with E-state index in [0.717, 1.165) is 20.9 Å². The SMILES string of the molecule is CC(C)(C)[N]=[Ta].CC(C)[N-]C(C)C.C[N-]C.C[N-]C. The molecule has 0 unspecified atom stereocenters. The van der Waals surface area contributed by atoms with Gasteiger partial charge >= 0.3 is 50.5 Å². The molecule has 0 saturated carbocycles. The van der Waals surface area contributed by atoms with Crippen molar-refractivity contribution in [1.29, 1.82) is 0 Å². The maximum Gasteiger partial charge on any atom is -0.0818 e. The molecule has 0 saturated heterocycles. The van der Waals surface area contributed by atoms with Crippen LogP contribution in [0.25, 0.3) is 16.0 Å². The molecule has 19 heavy (non-hydrogen) atoms. The zero-order chi connectivity index (χ0) is 16.5. The third-order valence-corrected chi connectivity index (χ3v) is 3.05. The van der Waals surface area contributed by atoms with Gasteiger partial charge in [-0.15, -0.1) is 12.1 Å². The van der Waals surface area contributed by atoms with Gasteiger partial charge in [0.05, 0.1) is 0 Å². The van der Waals surface area contributed by atoms with Gasteiger partial charge in [0.25, 0.3) is 0 Å². The Morgan fingerprint density at radius 1 is 0.789 bits per heavy atom. The molecule has 5 heteroatoms. The number of rotatable bonds is 2. The maximum absolute atomic E-state index is 4.28. The van der Waals surface area contributed by atoms with Crippen molar-refractivity contribution < 1.29 is 20.9 Å².